The van der Waals surface area contributed by atoms with Crippen LogP contribution in [0.3, 0.4) is 0 Å². The molecule has 0 saturated heterocycles. The van der Waals surface area contributed by atoms with E-state index in [2.05, 4.69) is 42.6 Å². The molecule has 7 heteroatoms. The summed E-state index contributed by atoms with van der Waals surface area (Å²) in [7, 11) is 3.16. The Balaban J connectivity index is 1.60. The molecule has 0 aliphatic carbocycles. The second kappa shape index (κ2) is 10.8. The summed E-state index contributed by atoms with van der Waals surface area (Å²) in [6, 6.07) is 17.3. The van der Waals surface area contributed by atoms with E-state index in [0.29, 0.717) is 31.0 Å². The molecule has 4 rings (SSSR count). The monoisotopic (exact) mass is 478 g/mol. The number of amides is 2. The normalized spacial score (nSPS) is 15.0. The number of hydrogen-bond donors (Lipinski definition) is 0. The van der Waals surface area contributed by atoms with Crippen LogP contribution in [0, 0.1) is 6.92 Å². The van der Waals surface area contributed by atoms with Crippen LogP contribution in [-0.2, 0) is 16.0 Å². The zero-order valence-corrected chi connectivity index (χ0v) is 20.6. The Labute approximate surface area is 204 Å². The van der Waals surface area contributed by atoms with Crippen molar-refractivity contribution < 1.29 is 19.1 Å². The van der Waals surface area contributed by atoms with Crippen molar-refractivity contribution in [3.63, 3.8) is 0 Å². The molecule has 2 amide bonds. The summed E-state index contributed by atoms with van der Waals surface area (Å²) in [5.41, 5.74) is 3.92. The highest BCUT2D eigenvalue weighted by Crippen LogP contribution is 2.38. The highest BCUT2D eigenvalue weighted by Gasteiger charge is 2.34. The van der Waals surface area contributed by atoms with Crippen LogP contribution in [0.25, 0.3) is 0 Å². The van der Waals surface area contributed by atoms with Gasteiger partial charge in [-0.25, -0.2) is 0 Å². The van der Waals surface area contributed by atoms with Crippen LogP contribution >= 0.6 is 11.3 Å². The van der Waals surface area contributed by atoms with E-state index in [-0.39, 0.29) is 24.4 Å². The minimum absolute atomic E-state index is 0.0127. The summed E-state index contributed by atoms with van der Waals surface area (Å²) < 4.78 is 10.5. The van der Waals surface area contributed by atoms with Gasteiger partial charge in [-0.3, -0.25) is 9.59 Å². The number of carbonyl (C=O) groups excluding carboxylic acids is 2. The lowest BCUT2D eigenvalue weighted by Crippen LogP contribution is -2.47. The summed E-state index contributed by atoms with van der Waals surface area (Å²) >= 11 is 1.74. The third-order valence-electron chi connectivity index (χ3n) is 6.17. The van der Waals surface area contributed by atoms with Crippen LogP contribution in [0.15, 0.2) is 60.0 Å². The lowest BCUT2D eigenvalue weighted by Gasteiger charge is -2.37. The Morgan fingerprint density at radius 3 is 2.65 bits per heavy atom. The van der Waals surface area contributed by atoms with Gasteiger partial charge in [0.1, 0.15) is 12.3 Å². The van der Waals surface area contributed by atoms with E-state index in [0.717, 1.165) is 12.0 Å². The standard InChI is InChI=1S/C27H30N2O4S/c1-19-7-9-20(10-8-19)26-23-12-16-34-24(23)11-13-29(26)25(30)18-28(14-15-32-2)27(31)21-5-4-6-22(17-21)33-3/h4-10,12,16-17,26H,11,13-15,18H2,1-3H3. The topological polar surface area (TPSA) is 59.1 Å². The first-order valence-electron chi connectivity index (χ1n) is 11.4. The quantitative estimate of drug-likeness (QED) is 0.484. The molecule has 1 unspecified atom stereocenters. The largest absolute Gasteiger partial charge is 0.497 e. The number of aryl methyl sites for hydroxylation is 1. The van der Waals surface area contributed by atoms with E-state index in [1.807, 2.05) is 4.90 Å². The molecule has 1 aliphatic rings. The van der Waals surface area contributed by atoms with Crippen molar-refractivity contribution in [3.05, 3.63) is 87.1 Å². The molecule has 0 radical (unpaired) electrons. The first kappa shape index (κ1) is 24.0. The molecule has 0 bridgehead atoms. The first-order valence-corrected chi connectivity index (χ1v) is 12.2. The van der Waals surface area contributed by atoms with Crippen molar-refractivity contribution in [2.45, 2.75) is 19.4 Å². The minimum Gasteiger partial charge on any atom is -0.497 e. The van der Waals surface area contributed by atoms with Crippen molar-refractivity contribution in [1.82, 2.24) is 9.80 Å². The smallest absolute Gasteiger partial charge is 0.254 e. The molecule has 0 fully saturated rings. The summed E-state index contributed by atoms with van der Waals surface area (Å²) in [6.45, 7) is 3.34. The highest BCUT2D eigenvalue weighted by atomic mass is 32.1. The zero-order chi connectivity index (χ0) is 24.1. The van der Waals surface area contributed by atoms with Gasteiger partial charge >= 0.3 is 0 Å². The van der Waals surface area contributed by atoms with E-state index in [1.165, 1.54) is 16.0 Å². The second-order valence-corrected chi connectivity index (χ2v) is 9.40. The summed E-state index contributed by atoms with van der Waals surface area (Å²) in [4.78, 5) is 31.8. The molecule has 0 N–H and O–H groups in total. The zero-order valence-electron chi connectivity index (χ0n) is 19.8. The molecule has 2 aromatic carbocycles. The van der Waals surface area contributed by atoms with Crippen LogP contribution in [0.1, 0.15) is 38.0 Å². The van der Waals surface area contributed by atoms with Crippen molar-refractivity contribution in [3.8, 4) is 5.75 Å². The minimum atomic E-state index is -0.218. The maximum absolute atomic E-state index is 13.7. The number of rotatable bonds is 8. The van der Waals surface area contributed by atoms with E-state index in [9.17, 15) is 9.59 Å². The Bertz CT molecular complexity index is 1140. The molecule has 2 heterocycles. The molecule has 178 valence electrons. The maximum atomic E-state index is 13.7. The SMILES string of the molecule is COCCN(CC(=O)N1CCc2sccc2C1c1ccc(C)cc1)C(=O)c1cccc(OC)c1. The number of nitrogens with zero attached hydrogens (tertiary/aromatic N) is 2. The molecule has 1 aliphatic heterocycles. The fraction of sp³-hybridized carbons (Fsp3) is 0.333. The van der Waals surface area contributed by atoms with Gasteiger partial charge in [0.05, 0.1) is 19.8 Å². The average molecular weight is 479 g/mol. The van der Waals surface area contributed by atoms with E-state index in [4.69, 9.17) is 9.47 Å². The molecule has 1 aromatic heterocycles. The molecule has 0 saturated carbocycles. The van der Waals surface area contributed by atoms with E-state index >= 15 is 0 Å². The van der Waals surface area contributed by atoms with Crippen LogP contribution in [0.5, 0.6) is 5.75 Å². The predicted octanol–water partition coefficient (Wildman–Crippen LogP) is 4.33. The Kier molecular flexibility index (Phi) is 7.65. The van der Waals surface area contributed by atoms with Gasteiger partial charge in [-0.05, 0) is 54.1 Å². The fourth-order valence-corrected chi connectivity index (χ4v) is 5.24. The molecular weight excluding hydrogens is 448 g/mol. The van der Waals surface area contributed by atoms with Crippen LogP contribution in [0.2, 0.25) is 0 Å². The van der Waals surface area contributed by atoms with Crippen molar-refractivity contribution >= 4 is 23.2 Å². The lowest BCUT2D eigenvalue weighted by molar-refractivity contribution is -0.134. The number of ether oxygens (including phenoxy) is 2. The number of carbonyl (C=O) groups is 2. The van der Waals surface area contributed by atoms with E-state index < -0.39 is 0 Å². The summed E-state index contributed by atoms with van der Waals surface area (Å²) in [6.07, 6.45) is 0.822. The van der Waals surface area contributed by atoms with Gasteiger partial charge in [0.15, 0.2) is 0 Å². The number of fused-ring (bicyclic) bond motifs is 1. The molecule has 34 heavy (non-hydrogen) atoms. The number of thiophene rings is 1. The molecule has 3 aromatic rings. The summed E-state index contributed by atoms with van der Waals surface area (Å²) in [5, 5.41) is 2.09. The molecular formula is C27H30N2O4S. The number of benzene rings is 2. The van der Waals surface area contributed by atoms with Gasteiger partial charge in [-0.2, -0.15) is 0 Å². The van der Waals surface area contributed by atoms with Gasteiger partial charge in [0.25, 0.3) is 5.91 Å². The second-order valence-electron chi connectivity index (χ2n) is 8.40. The van der Waals surface area contributed by atoms with Crippen molar-refractivity contribution in [1.29, 1.82) is 0 Å². The summed E-state index contributed by atoms with van der Waals surface area (Å²) in [5.74, 6) is 0.309. The van der Waals surface area contributed by atoms with Gasteiger partial charge < -0.3 is 19.3 Å². The highest BCUT2D eigenvalue weighted by molar-refractivity contribution is 7.10. The third kappa shape index (κ3) is 5.16. The van der Waals surface area contributed by atoms with Gasteiger partial charge in [0.2, 0.25) is 5.91 Å². The average Bonchev–Trinajstić information content (AvgIpc) is 3.35. The van der Waals surface area contributed by atoms with Crippen molar-refractivity contribution in [2.75, 3.05) is 40.5 Å². The Morgan fingerprint density at radius 2 is 1.91 bits per heavy atom. The molecule has 6 nitrogen and oxygen atoms in total. The Hall–Kier alpha value is -3.16. The van der Waals surface area contributed by atoms with E-state index in [1.54, 1.807) is 54.7 Å². The third-order valence-corrected chi connectivity index (χ3v) is 7.17. The first-order chi connectivity index (χ1) is 16.5. The molecule has 1 atom stereocenters. The van der Waals surface area contributed by atoms with Crippen LogP contribution in [-0.4, -0.2) is 62.1 Å². The van der Waals surface area contributed by atoms with Gasteiger partial charge in [-0.1, -0.05) is 35.9 Å². The Morgan fingerprint density at radius 1 is 1.12 bits per heavy atom. The fourth-order valence-electron chi connectivity index (χ4n) is 4.34. The number of hydrogen-bond acceptors (Lipinski definition) is 5. The van der Waals surface area contributed by atoms with Crippen LogP contribution < -0.4 is 4.74 Å². The van der Waals surface area contributed by atoms with Gasteiger partial charge in [0, 0.05) is 30.6 Å². The molecule has 0 spiro atoms. The van der Waals surface area contributed by atoms with Gasteiger partial charge in [-0.15, -0.1) is 11.3 Å². The van der Waals surface area contributed by atoms with Crippen LogP contribution in [0.4, 0.5) is 0 Å². The predicted molar refractivity (Wildman–Crippen MR) is 134 cm³/mol. The lowest BCUT2D eigenvalue weighted by atomic mass is 9.92. The number of methoxy groups -OCH3 is 2. The van der Waals surface area contributed by atoms with Crippen molar-refractivity contribution in [2.24, 2.45) is 0 Å². The maximum Gasteiger partial charge on any atom is 0.254 e.